The first-order valence-electron chi connectivity index (χ1n) is 6.47. The van der Waals surface area contributed by atoms with Gasteiger partial charge in [0.1, 0.15) is 5.60 Å². The summed E-state index contributed by atoms with van der Waals surface area (Å²) in [4.78, 5) is 11.5. The molecule has 1 aliphatic heterocycles. The van der Waals surface area contributed by atoms with E-state index in [0.29, 0.717) is 24.3 Å². The first-order valence-corrected chi connectivity index (χ1v) is 6.47. The van der Waals surface area contributed by atoms with E-state index in [1.54, 1.807) is 0 Å². The number of alkyl carbamates (subject to hydrolysis) is 1. The number of carbonyl (C=O) groups is 1. The van der Waals surface area contributed by atoms with Crippen molar-refractivity contribution in [1.82, 2.24) is 10.6 Å². The molecule has 2 atom stereocenters. The van der Waals surface area contributed by atoms with Gasteiger partial charge >= 0.3 is 6.09 Å². The Morgan fingerprint density at radius 2 is 2.06 bits per heavy atom. The van der Waals surface area contributed by atoms with Gasteiger partial charge in [0.2, 0.25) is 0 Å². The van der Waals surface area contributed by atoms with Crippen LogP contribution in [0.25, 0.3) is 0 Å². The lowest BCUT2D eigenvalue weighted by Crippen LogP contribution is -2.37. The molecule has 0 radical (unpaired) electrons. The summed E-state index contributed by atoms with van der Waals surface area (Å²) in [5, 5.41) is 6.25. The predicted octanol–water partition coefficient (Wildman–Crippen LogP) is 2.00. The van der Waals surface area contributed by atoms with Crippen LogP contribution in [0.2, 0.25) is 0 Å². The highest BCUT2D eigenvalue weighted by Crippen LogP contribution is 2.23. The molecule has 1 aliphatic rings. The largest absolute Gasteiger partial charge is 0.444 e. The molecule has 4 heteroatoms. The fourth-order valence-electron chi connectivity index (χ4n) is 2.29. The van der Waals surface area contributed by atoms with Crippen molar-refractivity contribution in [3.8, 4) is 0 Å². The minimum absolute atomic E-state index is 0.313. The molecule has 0 saturated carbocycles. The molecule has 1 saturated heterocycles. The van der Waals surface area contributed by atoms with Crippen molar-refractivity contribution >= 4 is 6.09 Å². The van der Waals surface area contributed by atoms with Gasteiger partial charge in [-0.2, -0.15) is 0 Å². The summed E-state index contributed by atoms with van der Waals surface area (Å²) < 4.78 is 5.22. The molecule has 0 aromatic heterocycles. The third kappa shape index (κ3) is 4.94. The van der Waals surface area contributed by atoms with Gasteiger partial charge in [-0.1, -0.05) is 13.8 Å². The Kier molecular flexibility index (Phi) is 4.80. The van der Waals surface area contributed by atoms with E-state index in [1.165, 1.54) is 0 Å². The standard InChI is InChI=1S/C13H26N2O2/c1-9(2)11-8-14-6-10(11)7-15-12(16)17-13(3,4)5/h9-11,14H,6-8H2,1-5H3,(H,15,16). The van der Waals surface area contributed by atoms with Crippen LogP contribution in [0, 0.1) is 17.8 Å². The van der Waals surface area contributed by atoms with E-state index < -0.39 is 5.60 Å². The summed E-state index contributed by atoms with van der Waals surface area (Å²) in [6, 6.07) is 0. The number of nitrogens with one attached hydrogen (secondary N) is 2. The molecule has 0 aliphatic carbocycles. The average molecular weight is 242 g/mol. The lowest BCUT2D eigenvalue weighted by atomic mass is 9.86. The Morgan fingerprint density at radius 1 is 1.41 bits per heavy atom. The second-order valence-corrected chi connectivity index (χ2v) is 6.21. The van der Waals surface area contributed by atoms with Crippen LogP contribution < -0.4 is 10.6 Å². The summed E-state index contributed by atoms with van der Waals surface area (Å²) in [6.45, 7) is 12.8. The summed E-state index contributed by atoms with van der Waals surface area (Å²) >= 11 is 0. The van der Waals surface area contributed by atoms with E-state index >= 15 is 0 Å². The lowest BCUT2D eigenvalue weighted by molar-refractivity contribution is 0.0515. The molecule has 0 aromatic rings. The first-order chi connectivity index (χ1) is 7.79. The molecule has 17 heavy (non-hydrogen) atoms. The van der Waals surface area contributed by atoms with Gasteiger partial charge < -0.3 is 15.4 Å². The SMILES string of the molecule is CC(C)C1CNCC1CNC(=O)OC(C)(C)C. The first kappa shape index (κ1) is 14.3. The van der Waals surface area contributed by atoms with Gasteiger partial charge in [0.25, 0.3) is 0 Å². The van der Waals surface area contributed by atoms with Crippen molar-refractivity contribution in [3.05, 3.63) is 0 Å². The topological polar surface area (TPSA) is 50.4 Å². The zero-order chi connectivity index (χ0) is 13.1. The average Bonchev–Trinajstić information content (AvgIpc) is 2.59. The zero-order valence-electron chi connectivity index (χ0n) is 11.7. The van der Waals surface area contributed by atoms with E-state index in [2.05, 4.69) is 24.5 Å². The molecule has 100 valence electrons. The molecule has 1 amide bonds. The highest BCUT2D eigenvalue weighted by molar-refractivity contribution is 5.67. The molecule has 1 fully saturated rings. The van der Waals surface area contributed by atoms with Crippen molar-refractivity contribution < 1.29 is 9.53 Å². The Balaban J connectivity index is 2.33. The van der Waals surface area contributed by atoms with Gasteiger partial charge in [-0.3, -0.25) is 0 Å². The van der Waals surface area contributed by atoms with Crippen molar-refractivity contribution in [3.63, 3.8) is 0 Å². The molecule has 0 spiro atoms. The van der Waals surface area contributed by atoms with Crippen molar-refractivity contribution in [2.75, 3.05) is 19.6 Å². The number of hydrogen-bond acceptors (Lipinski definition) is 3. The molecular weight excluding hydrogens is 216 g/mol. The van der Waals surface area contributed by atoms with E-state index in [4.69, 9.17) is 4.74 Å². The maximum atomic E-state index is 11.5. The Labute approximate surface area is 104 Å². The summed E-state index contributed by atoms with van der Waals surface area (Å²) in [6.07, 6.45) is -0.313. The Bertz CT molecular complexity index is 259. The Hall–Kier alpha value is -0.770. The van der Waals surface area contributed by atoms with E-state index in [1.807, 2.05) is 20.8 Å². The maximum absolute atomic E-state index is 11.5. The molecule has 1 rings (SSSR count). The van der Waals surface area contributed by atoms with E-state index in [0.717, 1.165) is 13.1 Å². The molecular formula is C13H26N2O2. The van der Waals surface area contributed by atoms with Crippen LogP contribution in [-0.2, 0) is 4.74 Å². The van der Waals surface area contributed by atoms with Gasteiger partial charge in [0.15, 0.2) is 0 Å². The molecule has 2 N–H and O–H groups in total. The normalized spacial score (nSPS) is 25.1. The molecule has 2 unspecified atom stereocenters. The minimum atomic E-state index is -0.421. The van der Waals surface area contributed by atoms with Crippen LogP contribution in [0.3, 0.4) is 0 Å². The molecule has 0 bridgehead atoms. The summed E-state index contributed by atoms with van der Waals surface area (Å²) in [5.41, 5.74) is -0.421. The number of ether oxygens (including phenoxy) is 1. The lowest BCUT2D eigenvalue weighted by Gasteiger charge is -2.24. The third-order valence-electron chi connectivity index (χ3n) is 3.16. The van der Waals surface area contributed by atoms with Gasteiger partial charge in [-0.15, -0.1) is 0 Å². The van der Waals surface area contributed by atoms with Crippen LogP contribution in [0.15, 0.2) is 0 Å². The van der Waals surface area contributed by atoms with Crippen molar-refractivity contribution in [1.29, 1.82) is 0 Å². The number of hydrogen-bond donors (Lipinski definition) is 2. The third-order valence-corrected chi connectivity index (χ3v) is 3.16. The maximum Gasteiger partial charge on any atom is 0.407 e. The van der Waals surface area contributed by atoms with Crippen LogP contribution >= 0.6 is 0 Å². The smallest absolute Gasteiger partial charge is 0.407 e. The Morgan fingerprint density at radius 3 is 2.59 bits per heavy atom. The second kappa shape index (κ2) is 5.71. The van der Waals surface area contributed by atoms with E-state index in [-0.39, 0.29) is 6.09 Å². The highest BCUT2D eigenvalue weighted by atomic mass is 16.6. The van der Waals surface area contributed by atoms with Gasteiger partial charge in [0, 0.05) is 6.54 Å². The number of carbonyl (C=O) groups excluding carboxylic acids is 1. The monoisotopic (exact) mass is 242 g/mol. The second-order valence-electron chi connectivity index (χ2n) is 6.21. The van der Waals surface area contributed by atoms with Gasteiger partial charge in [0.05, 0.1) is 0 Å². The van der Waals surface area contributed by atoms with Crippen LogP contribution in [0.5, 0.6) is 0 Å². The van der Waals surface area contributed by atoms with Crippen LogP contribution in [0.4, 0.5) is 4.79 Å². The zero-order valence-corrected chi connectivity index (χ0v) is 11.7. The van der Waals surface area contributed by atoms with Gasteiger partial charge in [-0.05, 0) is 51.6 Å². The fraction of sp³-hybridized carbons (Fsp3) is 0.923. The van der Waals surface area contributed by atoms with Crippen molar-refractivity contribution in [2.24, 2.45) is 17.8 Å². The van der Waals surface area contributed by atoms with Crippen LogP contribution in [-0.4, -0.2) is 31.3 Å². The fourth-order valence-corrected chi connectivity index (χ4v) is 2.29. The van der Waals surface area contributed by atoms with Gasteiger partial charge in [-0.25, -0.2) is 4.79 Å². The highest BCUT2D eigenvalue weighted by Gasteiger charge is 2.29. The minimum Gasteiger partial charge on any atom is -0.444 e. The predicted molar refractivity (Wildman–Crippen MR) is 68.9 cm³/mol. The number of rotatable bonds is 3. The quantitative estimate of drug-likeness (QED) is 0.796. The summed E-state index contributed by atoms with van der Waals surface area (Å²) in [5.74, 6) is 1.81. The summed E-state index contributed by atoms with van der Waals surface area (Å²) in [7, 11) is 0. The van der Waals surface area contributed by atoms with Crippen LogP contribution in [0.1, 0.15) is 34.6 Å². The van der Waals surface area contributed by atoms with Crippen molar-refractivity contribution in [2.45, 2.75) is 40.2 Å². The molecule has 0 aromatic carbocycles. The van der Waals surface area contributed by atoms with E-state index in [9.17, 15) is 4.79 Å². The molecule has 1 heterocycles. The molecule has 4 nitrogen and oxygen atoms in total. The number of amides is 1.